The number of aliphatic hydroxyl groups is 2. The Kier molecular flexibility index (Phi) is 10.4. The molecule has 0 aliphatic carbocycles. The first kappa shape index (κ1) is 28.7. The van der Waals surface area contributed by atoms with Gasteiger partial charge in [0.05, 0.1) is 27.9 Å². The normalized spacial score (nSPS) is 12.1. The molecule has 0 radical (unpaired) electrons. The van der Waals surface area contributed by atoms with Crippen molar-refractivity contribution < 1.29 is 34.0 Å². The quantitative estimate of drug-likeness (QED) is 0.104. The van der Waals surface area contributed by atoms with Crippen LogP contribution in [0.3, 0.4) is 0 Å². The van der Waals surface area contributed by atoms with E-state index in [9.17, 15) is 19.8 Å². The molecule has 2 N–H and O–H groups in total. The van der Waals surface area contributed by atoms with Crippen LogP contribution in [-0.2, 0) is 16.2 Å². The molecule has 3 aromatic rings. The van der Waals surface area contributed by atoms with Crippen molar-refractivity contribution in [2.45, 2.75) is 6.61 Å². The first-order chi connectivity index (χ1) is 18.9. The van der Waals surface area contributed by atoms with Gasteiger partial charge in [-0.2, -0.15) is 0 Å². The van der Waals surface area contributed by atoms with Crippen LogP contribution in [0.1, 0.15) is 22.3 Å². The molecule has 0 saturated heterocycles. The third-order valence-corrected chi connectivity index (χ3v) is 5.72. The second kappa shape index (κ2) is 14.2. The SMILES string of the molecule is COc1ccc(/C=C/C(=O)/C(C(=O)/C=C/c2ccc(CO)cc2)=C(O)\C=C\c2ccc(OC)c(OC)c2)cc1. The molecule has 0 atom stereocenters. The molecule has 0 heterocycles. The lowest BCUT2D eigenvalue weighted by atomic mass is 10.0. The number of carbonyl (C=O) groups is 2. The van der Waals surface area contributed by atoms with Crippen molar-refractivity contribution in [3.05, 3.63) is 119 Å². The Bertz CT molecular complexity index is 1340. The van der Waals surface area contributed by atoms with Gasteiger partial charge in [-0.15, -0.1) is 0 Å². The molecule has 0 amide bonds. The molecule has 0 aromatic heterocycles. The van der Waals surface area contributed by atoms with Crippen LogP contribution < -0.4 is 14.2 Å². The predicted octanol–water partition coefficient (Wildman–Crippen LogP) is 5.60. The summed E-state index contributed by atoms with van der Waals surface area (Å²) in [4.78, 5) is 26.3. The van der Waals surface area contributed by atoms with Crippen LogP contribution in [0.4, 0.5) is 0 Å². The standard InChI is InChI=1S/C32H30O7/c1-37-26-14-8-23(9-15-26)11-17-28(35)32(27(34)16-10-22-4-6-25(21-33)7-5-22)29(36)18-12-24-13-19-30(38-2)31(20-24)39-3/h4-20,33,36H,21H2,1-3H3/b16-10+,17-11+,18-12+,32-29+. The average molecular weight is 527 g/mol. The molecule has 0 saturated carbocycles. The van der Waals surface area contributed by atoms with Crippen molar-refractivity contribution in [3.8, 4) is 17.2 Å². The summed E-state index contributed by atoms with van der Waals surface area (Å²) >= 11 is 0. The summed E-state index contributed by atoms with van der Waals surface area (Å²) in [5.74, 6) is -0.108. The lowest BCUT2D eigenvalue weighted by Crippen LogP contribution is -2.11. The summed E-state index contributed by atoms with van der Waals surface area (Å²) in [5, 5.41) is 20.1. The largest absolute Gasteiger partial charge is 0.507 e. The van der Waals surface area contributed by atoms with E-state index in [0.717, 1.165) is 11.1 Å². The number of rotatable bonds is 12. The Hall–Kier alpha value is -4.88. The number of methoxy groups -OCH3 is 3. The summed E-state index contributed by atoms with van der Waals surface area (Å²) in [5.41, 5.74) is 2.42. The fraction of sp³-hybridized carbons (Fsp3) is 0.125. The van der Waals surface area contributed by atoms with Gasteiger partial charge in [0.15, 0.2) is 23.1 Å². The molecule has 0 aliphatic heterocycles. The maximum Gasteiger partial charge on any atom is 0.193 e. The van der Waals surface area contributed by atoms with Crippen molar-refractivity contribution in [2.75, 3.05) is 21.3 Å². The van der Waals surface area contributed by atoms with Crippen LogP contribution in [0, 0.1) is 0 Å². The van der Waals surface area contributed by atoms with E-state index in [1.807, 2.05) is 0 Å². The van der Waals surface area contributed by atoms with Gasteiger partial charge in [0.2, 0.25) is 0 Å². The van der Waals surface area contributed by atoms with Gasteiger partial charge in [-0.05, 0) is 64.7 Å². The highest BCUT2D eigenvalue weighted by Crippen LogP contribution is 2.28. The number of hydrogen-bond acceptors (Lipinski definition) is 7. The number of allylic oxidation sites excluding steroid dienone is 4. The summed E-state index contributed by atoms with van der Waals surface area (Å²) < 4.78 is 15.7. The van der Waals surface area contributed by atoms with Gasteiger partial charge in [-0.3, -0.25) is 9.59 Å². The second-order valence-corrected chi connectivity index (χ2v) is 8.28. The van der Waals surface area contributed by atoms with Crippen molar-refractivity contribution in [1.82, 2.24) is 0 Å². The Morgan fingerprint density at radius 1 is 0.667 bits per heavy atom. The maximum atomic E-state index is 13.1. The number of ether oxygens (including phenoxy) is 3. The van der Waals surface area contributed by atoms with Crippen LogP contribution in [-0.4, -0.2) is 43.1 Å². The van der Waals surface area contributed by atoms with E-state index in [4.69, 9.17) is 14.2 Å². The summed E-state index contributed by atoms with van der Waals surface area (Å²) in [7, 11) is 4.60. The number of benzene rings is 3. The highest BCUT2D eigenvalue weighted by molar-refractivity contribution is 6.29. The van der Waals surface area contributed by atoms with Gasteiger partial charge in [-0.25, -0.2) is 0 Å². The van der Waals surface area contributed by atoms with Crippen molar-refractivity contribution in [2.24, 2.45) is 0 Å². The van der Waals surface area contributed by atoms with Gasteiger partial charge in [-0.1, -0.05) is 60.7 Å². The average Bonchev–Trinajstić information content (AvgIpc) is 2.98. The Morgan fingerprint density at radius 2 is 1.18 bits per heavy atom. The molecular formula is C32H30O7. The van der Waals surface area contributed by atoms with Gasteiger partial charge in [0, 0.05) is 0 Å². The first-order valence-corrected chi connectivity index (χ1v) is 12.0. The van der Waals surface area contributed by atoms with E-state index in [-0.39, 0.29) is 12.2 Å². The fourth-order valence-corrected chi connectivity index (χ4v) is 3.55. The Balaban J connectivity index is 1.93. The van der Waals surface area contributed by atoms with Gasteiger partial charge < -0.3 is 24.4 Å². The molecule has 200 valence electrons. The molecule has 39 heavy (non-hydrogen) atoms. The topological polar surface area (TPSA) is 102 Å². The van der Waals surface area contributed by atoms with Crippen LogP contribution in [0.15, 0.2) is 96.3 Å². The van der Waals surface area contributed by atoms with E-state index in [1.165, 1.54) is 38.5 Å². The van der Waals surface area contributed by atoms with E-state index in [0.29, 0.717) is 28.4 Å². The number of hydrogen-bond donors (Lipinski definition) is 2. The Labute approximate surface area is 227 Å². The number of carbonyl (C=O) groups excluding carboxylic acids is 2. The molecule has 3 rings (SSSR count). The number of aliphatic hydroxyl groups excluding tert-OH is 2. The van der Waals surface area contributed by atoms with Crippen molar-refractivity contribution in [1.29, 1.82) is 0 Å². The maximum absolute atomic E-state index is 13.1. The molecule has 3 aromatic carbocycles. The summed E-state index contributed by atoms with van der Waals surface area (Å²) in [6.45, 7) is -0.0921. The molecule has 7 nitrogen and oxygen atoms in total. The van der Waals surface area contributed by atoms with E-state index in [2.05, 4.69) is 0 Å². The van der Waals surface area contributed by atoms with E-state index in [1.54, 1.807) is 86.0 Å². The minimum atomic E-state index is -0.667. The second-order valence-electron chi connectivity index (χ2n) is 8.28. The van der Waals surface area contributed by atoms with Gasteiger partial charge in [0.1, 0.15) is 17.1 Å². The monoisotopic (exact) mass is 526 g/mol. The third-order valence-electron chi connectivity index (χ3n) is 5.72. The zero-order valence-electron chi connectivity index (χ0n) is 22.0. The summed E-state index contributed by atoms with van der Waals surface area (Å²) in [6.07, 6.45) is 8.40. The molecule has 0 aliphatic rings. The van der Waals surface area contributed by atoms with E-state index < -0.39 is 17.3 Å². The van der Waals surface area contributed by atoms with Crippen molar-refractivity contribution in [3.63, 3.8) is 0 Å². The highest BCUT2D eigenvalue weighted by atomic mass is 16.5. The van der Waals surface area contributed by atoms with Crippen LogP contribution >= 0.6 is 0 Å². The predicted molar refractivity (Wildman–Crippen MR) is 152 cm³/mol. The third kappa shape index (κ3) is 8.05. The Morgan fingerprint density at radius 3 is 1.69 bits per heavy atom. The zero-order valence-corrected chi connectivity index (χ0v) is 22.0. The molecule has 0 unspecified atom stereocenters. The molecule has 0 spiro atoms. The van der Waals surface area contributed by atoms with Crippen LogP contribution in [0.2, 0.25) is 0 Å². The van der Waals surface area contributed by atoms with Gasteiger partial charge in [0.25, 0.3) is 0 Å². The molecule has 7 heteroatoms. The van der Waals surface area contributed by atoms with Crippen LogP contribution in [0.25, 0.3) is 18.2 Å². The van der Waals surface area contributed by atoms with E-state index >= 15 is 0 Å². The fourth-order valence-electron chi connectivity index (χ4n) is 3.55. The molecular weight excluding hydrogens is 496 g/mol. The molecule has 0 bridgehead atoms. The van der Waals surface area contributed by atoms with Crippen molar-refractivity contribution >= 4 is 29.8 Å². The lowest BCUT2D eigenvalue weighted by molar-refractivity contribution is -0.117. The zero-order chi connectivity index (χ0) is 28.2. The smallest absolute Gasteiger partial charge is 0.193 e. The number of ketones is 2. The van der Waals surface area contributed by atoms with Crippen LogP contribution in [0.5, 0.6) is 17.2 Å². The lowest BCUT2D eigenvalue weighted by Gasteiger charge is -2.07. The summed E-state index contributed by atoms with van der Waals surface area (Å²) in [6, 6.07) is 19.1. The first-order valence-electron chi connectivity index (χ1n) is 12.0. The molecule has 0 fully saturated rings. The minimum Gasteiger partial charge on any atom is -0.507 e. The minimum absolute atomic E-state index is 0.0921. The van der Waals surface area contributed by atoms with Gasteiger partial charge >= 0.3 is 0 Å². The highest BCUT2D eigenvalue weighted by Gasteiger charge is 2.18.